The molecular formula is C25H32O3. The van der Waals surface area contributed by atoms with Gasteiger partial charge in [0.1, 0.15) is 17.2 Å². The molecule has 1 fully saturated rings. The van der Waals surface area contributed by atoms with Crippen molar-refractivity contribution in [1.29, 1.82) is 0 Å². The van der Waals surface area contributed by atoms with E-state index in [4.69, 9.17) is 9.47 Å². The van der Waals surface area contributed by atoms with E-state index in [-0.39, 0.29) is 5.41 Å². The lowest BCUT2D eigenvalue weighted by molar-refractivity contribution is 0.145. The van der Waals surface area contributed by atoms with Gasteiger partial charge in [0.15, 0.2) is 0 Å². The highest BCUT2D eigenvalue weighted by Crippen LogP contribution is 2.58. The summed E-state index contributed by atoms with van der Waals surface area (Å²) in [5.74, 6) is 3.40. The first-order chi connectivity index (χ1) is 13.4. The molecule has 0 spiro atoms. The molecule has 3 atom stereocenters. The van der Waals surface area contributed by atoms with Crippen molar-refractivity contribution < 1.29 is 14.6 Å². The third-order valence-corrected chi connectivity index (χ3v) is 7.37. The van der Waals surface area contributed by atoms with Crippen LogP contribution in [-0.2, 0) is 11.8 Å². The molecule has 0 heterocycles. The second kappa shape index (κ2) is 7.02. The molecule has 28 heavy (non-hydrogen) atoms. The summed E-state index contributed by atoms with van der Waals surface area (Å²) < 4.78 is 11.4. The molecule has 2 aliphatic carbocycles. The van der Waals surface area contributed by atoms with Gasteiger partial charge in [-0.25, -0.2) is 0 Å². The van der Waals surface area contributed by atoms with Crippen LogP contribution in [0.15, 0.2) is 24.3 Å². The summed E-state index contributed by atoms with van der Waals surface area (Å²) in [6, 6.07) is 8.67. The predicted octanol–water partition coefficient (Wildman–Crippen LogP) is 5.81. The van der Waals surface area contributed by atoms with E-state index < -0.39 is 0 Å². The summed E-state index contributed by atoms with van der Waals surface area (Å²) >= 11 is 0. The Kier molecular flexibility index (Phi) is 4.81. The molecule has 0 unspecified atom stereocenters. The number of rotatable bonds is 3. The maximum atomic E-state index is 10.2. The molecule has 1 N–H and O–H groups in total. The lowest BCUT2D eigenvalue weighted by Crippen LogP contribution is -2.43. The van der Waals surface area contributed by atoms with Crippen molar-refractivity contribution in [2.75, 3.05) is 14.2 Å². The molecule has 0 bridgehead atoms. The van der Waals surface area contributed by atoms with Crippen LogP contribution in [0.2, 0.25) is 0 Å². The lowest BCUT2D eigenvalue weighted by atomic mass is 9.53. The summed E-state index contributed by atoms with van der Waals surface area (Å²) in [6.45, 7) is 6.47. The quantitative estimate of drug-likeness (QED) is 0.730. The van der Waals surface area contributed by atoms with E-state index in [1.807, 2.05) is 19.9 Å². The van der Waals surface area contributed by atoms with Gasteiger partial charge in [-0.3, -0.25) is 0 Å². The van der Waals surface area contributed by atoms with Crippen LogP contribution in [0.3, 0.4) is 0 Å². The third-order valence-electron chi connectivity index (χ3n) is 7.37. The summed E-state index contributed by atoms with van der Waals surface area (Å²) in [4.78, 5) is 0. The highest BCUT2D eigenvalue weighted by Gasteiger charge is 2.48. The average Bonchev–Trinajstić information content (AvgIpc) is 2.69. The first kappa shape index (κ1) is 19.2. The molecule has 3 nitrogen and oxygen atoms in total. The Bertz CT molecular complexity index is 861. The number of fused-ring (bicyclic) bond motifs is 3. The Labute approximate surface area is 168 Å². The van der Waals surface area contributed by atoms with Gasteiger partial charge in [-0.15, -0.1) is 0 Å². The summed E-state index contributed by atoms with van der Waals surface area (Å²) in [7, 11) is 3.50. The van der Waals surface area contributed by atoms with Crippen molar-refractivity contribution in [3.8, 4) is 17.2 Å². The molecule has 0 amide bonds. The van der Waals surface area contributed by atoms with Crippen molar-refractivity contribution in [1.82, 2.24) is 0 Å². The fourth-order valence-electron chi connectivity index (χ4n) is 6.03. The molecular weight excluding hydrogens is 348 g/mol. The summed E-state index contributed by atoms with van der Waals surface area (Å²) in [6.07, 6.45) is 5.88. The molecule has 0 radical (unpaired) electrons. The topological polar surface area (TPSA) is 38.7 Å². The van der Waals surface area contributed by atoms with Crippen molar-refractivity contribution in [3.63, 3.8) is 0 Å². The highest BCUT2D eigenvalue weighted by molar-refractivity contribution is 5.53. The minimum Gasteiger partial charge on any atom is -0.507 e. The van der Waals surface area contributed by atoms with Gasteiger partial charge >= 0.3 is 0 Å². The van der Waals surface area contributed by atoms with Gasteiger partial charge in [0.05, 0.1) is 14.2 Å². The SMILES string of the molecule is COc1cc2c(c(OC)c1)[C@]1(C)CCC[C@@H](c3cc(C)c(O)c(C)c3)[C@H]1CC2. The minimum atomic E-state index is 0.105. The van der Waals surface area contributed by atoms with Crippen molar-refractivity contribution >= 4 is 0 Å². The zero-order valence-electron chi connectivity index (χ0n) is 17.8. The van der Waals surface area contributed by atoms with Gasteiger partial charge in [0, 0.05) is 11.6 Å². The molecule has 3 heteroatoms. The Balaban J connectivity index is 1.81. The maximum Gasteiger partial charge on any atom is 0.126 e. The van der Waals surface area contributed by atoms with E-state index in [1.54, 1.807) is 14.2 Å². The van der Waals surface area contributed by atoms with E-state index >= 15 is 0 Å². The standard InChI is InChI=1S/C25H32O3/c1-15-11-18(12-16(2)24(15)26)20-7-6-10-25(3)21(20)9-8-17-13-19(27-4)14-22(28-5)23(17)25/h11-14,20-21,26H,6-10H2,1-5H3/t20-,21+,25+/m0/s1. The number of ether oxygens (including phenoxy) is 2. The van der Waals surface area contributed by atoms with Crippen LogP contribution in [0.1, 0.15) is 66.3 Å². The number of phenols is 1. The second-order valence-corrected chi connectivity index (χ2v) is 8.93. The number of aromatic hydroxyl groups is 1. The molecule has 2 aliphatic rings. The number of phenolic OH excluding ortho intramolecular Hbond substituents is 1. The lowest BCUT2D eigenvalue weighted by Gasteiger charge is -2.51. The van der Waals surface area contributed by atoms with Crippen LogP contribution in [0.5, 0.6) is 17.2 Å². The first-order valence-electron chi connectivity index (χ1n) is 10.4. The van der Waals surface area contributed by atoms with Gasteiger partial charge in [-0.05, 0) is 85.1 Å². The molecule has 2 aromatic carbocycles. The molecule has 150 valence electrons. The molecule has 0 aromatic heterocycles. The van der Waals surface area contributed by atoms with Crippen LogP contribution in [-0.4, -0.2) is 19.3 Å². The molecule has 1 saturated carbocycles. The molecule has 2 aromatic rings. The maximum absolute atomic E-state index is 10.2. The zero-order valence-corrected chi connectivity index (χ0v) is 17.8. The average molecular weight is 381 g/mol. The Hall–Kier alpha value is -2.16. The van der Waals surface area contributed by atoms with Crippen LogP contribution >= 0.6 is 0 Å². The molecule has 4 rings (SSSR count). The van der Waals surface area contributed by atoms with Crippen LogP contribution in [0.4, 0.5) is 0 Å². The molecule has 0 saturated heterocycles. The zero-order chi connectivity index (χ0) is 20.1. The van der Waals surface area contributed by atoms with Crippen LogP contribution in [0.25, 0.3) is 0 Å². The van der Waals surface area contributed by atoms with E-state index in [1.165, 1.54) is 42.4 Å². The van der Waals surface area contributed by atoms with Crippen LogP contribution < -0.4 is 9.47 Å². The highest BCUT2D eigenvalue weighted by atomic mass is 16.5. The second-order valence-electron chi connectivity index (χ2n) is 8.93. The number of hydrogen-bond acceptors (Lipinski definition) is 3. The number of benzene rings is 2. The fraction of sp³-hybridized carbons (Fsp3) is 0.520. The van der Waals surface area contributed by atoms with Crippen molar-refractivity contribution in [2.45, 2.75) is 64.2 Å². The van der Waals surface area contributed by atoms with Crippen molar-refractivity contribution in [3.05, 3.63) is 52.1 Å². The van der Waals surface area contributed by atoms with E-state index in [0.717, 1.165) is 29.0 Å². The van der Waals surface area contributed by atoms with Gasteiger partial charge < -0.3 is 14.6 Å². The predicted molar refractivity (Wildman–Crippen MR) is 113 cm³/mol. The minimum absolute atomic E-state index is 0.105. The fourth-order valence-corrected chi connectivity index (χ4v) is 6.03. The number of aryl methyl sites for hydroxylation is 3. The van der Waals surface area contributed by atoms with Gasteiger partial charge in [-0.2, -0.15) is 0 Å². The van der Waals surface area contributed by atoms with Crippen LogP contribution in [0, 0.1) is 19.8 Å². The third kappa shape index (κ3) is 2.87. The van der Waals surface area contributed by atoms with E-state index in [0.29, 0.717) is 17.6 Å². The normalized spacial score (nSPS) is 26.3. The first-order valence-corrected chi connectivity index (χ1v) is 10.4. The summed E-state index contributed by atoms with van der Waals surface area (Å²) in [5, 5.41) is 10.2. The summed E-state index contributed by atoms with van der Waals surface area (Å²) in [5.41, 5.74) is 6.24. The van der Waals surface area contributed by atoms with E-state index in [9.17, 15) is 5.11 Å². The Morgan fingerprint density at radius 3 is 2.36 bits per heavy atom. The number of methoxy groups -OCH3 is 2. The Morgan fingerprint density at radius 2 is 1.71 bits per heavy atom. The monoisotopic (exact) mass is 380 g/mol. The molecule has 0 aliphatic heterocycles. The Morgan fingerprint density at radius 1 is 1.00 bits per heavy atom. The van der Waals surface area contributed by atoms with Gasteiger partial charge in [0.25, 0.3) is 0 Å². The van der Waals surface area contributed by atoms with Crippen molar-refractivity contribution in [2.24, 2.45) is 5.92 Å². The smallest absolute Gasteiger partial charge is 0.126 e. The largest absolute Gasteiger partial charge is 0.507 e. The van der Waals surface area contributed by atoms with Gasteiger partial charge in [0.2, 0.25) is 0 Å². The van der Waals surface area contributed by atoms with Gasteiger partial charge in [-0.1, -0.05) is 25.5 Å². The number of hydrogen-bond donors (Lipinski definition) is 1. The van der Waals surface area contributed by atoms with E-state index in [2.05, 4.69) is 25.1 Å².